The summed E-state index contributed by atoms with van der Waals surface area (Å²) in [6, 6.07) is 5.76. The molecule has 0 bridgehead atoms. The molecule has 1 aromatic rings. The van der Waals surface area contributed by atoms with Gasteiger partial charge in [0.15, 0.2) is 0 Å². The summed E-state index contributed by atoms with van der Waals surface area (Å²) in [5.74, 6) is 0. The minimum atomic E-state index is -3.67. The lowest BCUT2D eigenvalue weighted by Gasteiger charge is -2.23. The van der Waals surface area contributed by atoms with Gasteiger partial charge in [0.25, 0.3) is 10.0 Å². The molecule has 0 fully saturated rings. The van der Waals surface area contributed by atoms with E-state index in [2.05, 4.69) is 14.8 Å². The molecule has 0 amide bonds. The van der Waals surface area contributed by atoms with E-state index in [-0.39, 0.29) is 0 Å². The van der Waals surface area contributed by atoms with Gasteiger partial charge in [-0.05, 0) is 54.8 Å². The lowest BCUT2D eigenvalue weighted by molar-refractivity contribution is 0.604. The van der Waals surface area contributed by atoms with E-state index in [1.54, 1.807) is 10.5 Å². The summed E-state index contributed by atoms with van der Waals surface area (Å²) in [6.45, 7) is 3.54. The Morgan fingerprint density at radius 3 is 3.04 bits per heavy atom. The fourth-order valence-electron chi connectivity index (χ4n) is 3.09. The molecule has 0 spiro atoms. The summed E-state index contributed by atoms with van der Waals surface area (Å²) in [7, 11) is -3.67. The van der Waals surface area contributed by atoms with Crippen LogP contribution in [0, 0.1) is 0 Å². The molecule has 1 aromatic carbocycles. The van der Waals surface area contributed by atoms with E-state index in [0.717, 1.165) is 25.1 Å². The van der Waals surface area contributed by atoms with Crippen molar-refractivity contribution < 1.29 is 8.42 Å². The minimum absolute atomic E-state index is 0.304. The van der Waals surface area contributed by atoms with Crippen LogP contribution in [0.15, 0.2) is 52.9 Å². The molecule has 8 heteroatoms. The molecule has 6 nitrogen and oxygen atoms in total. The summed E-state index contributed by atoms with van der Waals surface area (Å²) < 4.78 is 33.4. The molecule has 0 saturated heterocycles. The van der Waals surface area contributed by atoms with Gasteiger partial charge in [0.2, 0.25) is 0 Å². The van der Waals surface area contributed by atoms with Crippen molar-refractivity contribution in [2.45, 2.75) is 19.9 Å². The Balaban J connectivity index is 1.67. The van der Waals surface area contributed by atoms with E-state index >= 15 is 0 Å². The van der Waals surface area contributed by atoms with E-state index in [9.17, 15) is 8.42 Å². The highest BCUT2D eigenvalue weighted by Crippen LogP contribution is 2.36. The number of allylic oxidation sites excluding steroid dienone is 2. The summed E-state index contributed by atoms with van der Waals surface area (Å²) in [5.41, 5.74) is 4.38. The molecule has 3 aliphatic heterocycles. The molecule has 4 rings (SSSR count). The normalized spacial score (nSPS) is 19.5. The average molecular weight is 362 g/mol. The van der Waals surface area contributed by atoms with Crippen molar-refractivity contribution in [2.24, 2.45) is 0 Å². The van der Waals surface area contributed by atoms with Crippen LogP contribution in [0.5, 0.6) is 0 Å². The first-order valence-corrected chi connectivity index (χ1v) is 9.97. The number of hydrogen-bond donors (Lipinski definition) is 3. The molecular weight excluding hydrogens is 344 g/mol. The smallest absolute Gasteiger partial charge is 0.264 e. The van der Waals surface area contributed by atoms with E-state index in [4.69, 9.17) is 0 Å². The van der Waals surface area contributed by atoms with Gasteiger partial charge in [-0.2, -0.15) is 0 Å². The van der Waals surface area contributed by atoms with Crippen LogP contribution in [-0.4, -0.2) is 19.3 Å². The van der Waals surface area contributed by atoms with Gasteiger partial charge in [-0.3, -0.25) is 9.03 Å². The quantitative estimate of drug-likeness (QED) is 0.716. The summed E-state index contributed by atoms with van der Waals surface area (Å²) in [4.78, 5) is 0.304. The molecule has 24 heavy (non-hydrogen) atoms. The molecule has 0 aromatic heterocycles. The second kappa shape index (κ2) is 5.87. The molecule has 3 heterocycles. The summed E-state index contributed by atoms with van der Waals surface area (Å²) in [6.07, 6.45) is 6.35. The monoisotopic (exact) mass is 362 g/mol. The second-order valence-electron chi connectivity index (χ2n) is 5.91. The van der Waals surface area contributed by atoms with Gasteiger partial charge in [0.05, 0.1) is 17.8 Å². The lowest BCUT2D eigenvalue weighted by Crippen LogP contribution is -2.25. The summed E-state index contributed by atoms with van der Waals surface area (Å²) in [5, 5.41) is 3.31. The van der Waals surface area contributed by atoms with Crippen molar-refractivity contribution in [1.82, 2.24) is 14.3 Å². The molecular formula is C16H18N4O2S2. The third-order valence-corrected chi connectivity index (χ3v) is 6.56. The Bertz CT molecular complexity index is 887. The van der Waals surface area contributed by atoms with Crippen LogP contribution in [0.2, 0.25) is 0 Å². The predicted octanol–water partition coefficient (Wildman–Crippen LogP) is 2.19. The first-order valence-electron chi connectivity index (χ1n) is 7.71. The van der Waals surface area contributed by atoms with Crippen LogP contribution in [0.3, 0.4) is 0 Å². The fourth-order valence-corrected chi connectivity index (χ4v) is 5.25. The van der Waals surface area contributed by atoms with E-state index in [0.29, 0.717) is 21.9 Å². The molecule has 126 valence electrons. The topological polar surface area (TPSA) is 73.5 Å². The Hall–Kier alpha value is -1.90. The van der Waals surface area contributed by atoms with Crippen molar-refractivity contribution in [3.05, 3.63) is 64.0 Å². The first-order chi connectivity index (χ1) is 11.5. The van der Waals surface area contributed by atoms with Gasteiger partial charge in [-0.1, -0.05) is 6.07 Å². The van der Waals surface area contributed by atoms with Gasteiger partial charge >= 0.3 is 0 Å². The predicted molar refractivity (Wildman–Crippen MR) is 96.9 cm³/mol. The molecule has 0 aliphatic carbocycles. The molecule has 0 unspecified atom stereocenters. The van der Waals surface area contributed by atoms with Gasteiger partial charge in [-0.25, -0.2) is 8.42 Å². The van der Waals surface area contributed by atoms with Crippen LogP contribution >= 0.6 is 12.1 Å². The number of rotatable bonds is 3. The maximum Gasteiger partial charge on any atom is 0.264 e. The van der Waals surface area contributed by atoms with Crippen LogP contribution in [-0.2, 0) is 23.0 Å². The Kier molecular flexibility index (Phi) is 3.82. The fraction of sp³-hybridized carbons (Fsp3) is 0.250. The Morgan fingerprint density at radius 2 is 2.17 bits per heavy atom. The highest BCUT2D eigenvalue weighted by Gasteiger charge is 2.32. The van der Waals surface area contributed by atoms with Crippen molar-refractivity contribution in [2.75, 3.05) is 11.3 Å². The number of anilines is 1. The average Bonchev–Trinajstić information content (AvgIpc) is 3.02. The van der Waals surface area contributed by atoms with Crippen LogP contribution in [0.25, 0.3) is 0 Å². The number of nitrogens with one attached hydrogen (secondary N) is 3. The van der Waals surface area contributed by atoms with Gasteiger partial charge in [0, 0.05) is 24.6 Å². The SMILES string of the molecule is CC1=C(S(=O)(=O)Nc2ccc3c(c2)CNCC3)C2=CNSN2C=C1. The molecule has 0 radical (unpaired) electrons. The summed E-state index contributed by atoms with van der Waals surface area (Å²) >= 11 is 1.34. The van der Waals surface area contributed by atoms with Crippen LogP contribution < -0.4 is 14.8 Å². The maximum atomic E-state index is 13.0. The highest BCUT2D eigenvalue weighted by molar-refractivity contribution is 7.97. The zero-order valence-corrected chi connectivity index (χ0v) is 14.8. The standard InChI is InChI=1S/C16H18N4O2S2/c1-11-5-7-20-15(10-18-23-20)16(11)24(21,22)19-14-3-2-12-4-6-17-9-13(12)8-14/h2-3,5,7-8,10,17-19H,4,6,9H2,1H3. The number of benzene rings is 1. The maximum absolute atomic E-state index is 13.0. The van der Waals surface area contributed by atoms with Gasteiger partial charge in [0.1, 0.15) is 4.91 Å². The van der Waals surface area contributed by atoms with Crippen molar-refractivity contribution in [3.8, 4) is 0 Å². The Labute approximate surface area is 146 Å². The third kappa shape index (κ3) is 2.70. The van der Waals surface area contributed by atoms with Crippen LogP contribution in [0.1, 0.15) is 18.1 Å². The Morgan fingerprint density at radius 1 is 1.29 bits per heavy atom. The molecule has 3 N–H and O–H groups in total. The lowest BCUT2D eigenvalue weighted by atomic mass is 10.0. The van der Waals surface area contributed by atoms with Crippen LogP contribution in [0.4, 0.5) is 5.69 Å². The van der Waals surface area contributed by atoms with E-state index < -0.39 is 10.0 Å². The van der Waals surface area contributed by atoms with Crippen molar-refractivity contribution in [1.29, 1.82) is 0 Å². The number of sulfonamides is 1. The van der Waals surface area contributed by atoms with E-state index in [1.165, 1.54) is 17.7 Å². The van der Waals surface area contributed by atoms with Gasteiger partial charge < -0.3 is 10.0 Å². The second-order valence-corrected chi connectivity index (χ2v) is 8.34. The highest BCUT2D eigenvalue weighted by atomic mass is 32.2. The van der Waals surface area contributed by atoms with Crippen molar-refractivity contribution >= 4 is 27.8 Å². The molecule has 0 atom stereocenters. The number of nitrogens with zero attached hydrogens (tertiary/aromatic N) is 1. The number of hydrogen-bond acceptors (Lipinski definition) is 6. The zero-order chi connectivity index (χ0) is 16.7. The first kappa shape index (κ1) is 15.6. The third-order valence-electron chi connectivity index (χ3n) is 4.25. The van der Waals surface area contributed by atoms with Crippen molar-refractivity contribution in [3.63, 3.8) is 0 Å². The van der Waals surface area contributed by atoms with Gasteiger partial charge in [-0.15, -0.1) is 0 Å². The van der Waals surface area contributed by atoms with E-state index in [1.807, 2.05) is 37.4 Å². The number of fused-ring (bicyclic) bond motifs is 2. The molecule has 0 saturated carbocycles. The largest absolute Gasteiger partial charge is 0.316 e. The zero-order valence-electron chi connectivity index (χ0n) is 13.2. The minimum Gasteiger partial charge on any atom is -0.316 e. The molecule has 3 aliphatic rings.